The number of nitrogens with zero attached hydrogens (tertiary/aromatic N) is 1. The fourth-order valence-corrected chi connectivity index (χ4v) is 3.28. The van der Waals surface area contributed by atoms with Gasteiger partial charge in [0.15, 0.2) is 0 Å². The lowest BCUT2D eigenvalue weighted by Gasteiger charge is -2.17. The number of benzene rings is 1. The molecule has 1 heterocycles. The van der Waals surface area contributed by atoms with Gasteiger partial charge in [-0.3, -0.25) is 11.3 Å². The molecule has 0 bridgehead atoms. The van der Waals surface area contributed by atoms with Crippen molar-refractivity contribution in [2.75, 3.05) is 0 Å². The normalized spacial score (nSPS) is 13.4. The van der Waals surface area contributed by atoms with Crippen molar-refractivity contribution < 1.29 is 0 Å². The predicted molar refractivity (Wildman–Crippen MR) is 90.8 cm³/mol. The van der Waals surface area contributed by atoms with Gasteiger partial charge in [-0.25, -0.2) is 4.98 Å². The molecule has 0 amide bonds. The highest BCUT2D eigenvalue weighted by molar-refractivity contribution is 7.09. The molecule has 0 radical (unpaired) electrons. The lowest BCUT2D eigenvalue weighted by Crippen LogP contribution is -2.29. The van der Waals surface area contributed by atoms with Crippen LogP contribution in [0, 0.1) is 6.92 Å². The minimum atomic E-state index is 0.0158. The molecular formula is C16H22ClN3S. The highest BCUT2D eigenvalue weighted by Gasteiger charge is 2.19. The van der Waals surface area contributed by atoms with E-state index in [9.17, 15) is 0 Å². The molecule has 1 aromatic carbocycles. The van der Waals surface area contributed by atoms with Crippen molar-refractivity contribution in [1.82, 2.24) is 10.4 Å². The first-order valence-electron chi connectivity index (χ1n) is 6.98. The molecular weight excluding hydrogens is 302 g/mol. The van der Waals surface area contributed by atoms with Crippen LogP contribution in [-0.2, 0) is 11.8 Å². The van der Waals surface area contributed by atoms with E-state index < -0.39 is 0 Å². The van der Waals surface area contributed by atoms with Crippen molar-refractivity contribution in [2.24, 2.45) is 5.84 Å². The van der Waals surface area contributed by atoms with E-state index in [0.29, 0.717) is 0 Å². The first-order chi connectivity index (χ1) is 9.81. The minimum Gasteiger partial charge on any atom is -0.271 e. The van der Waals surface area contributed by atoms with E-state index in [2.05, 4.69) is 37.6 Å². The Morgan fingerprint density at radius 1 is 1.38 bits per heavy atom. The summed E-state index contributed by atoms with van der Waals surface area (Å²) < 4.78 is 0. The van der Waals surface area contributed by atoms with Crippen LogP contribution in [-0.4, -0.2) is 4.98 Å². The maximum atomic E-state index is 6.20. The number of aromatic nitrogens is 1. The summed E-state index contributed by atoms with van der Waals surface area (Å²) >= 11 is 7.88. The van der Waals surface area contributed by atoms with Crippen molar-refractivity contribution in [3.8, 4) is 0 Å². The number of nitrogens with two attached hydrogens (primary N) is 1. The second-order valence-electron chi connectivity index (χ2n) is 6.31. The van der Waals surface area contributed by atoms with Gasteiger partial charge in [-0.2, -0.15) is 0 Å². The standard InChI is InChI=1S/C16H22ClN3S/c1-10-5-6-11(7-12(10)17)13(20-18)8-15-19-14(9-21-15)16(2,3)4/h5-7,9,13,20H,8,18H2,1-4H3. The number of aryl methyl sites for hydroxylation is 1. The molecule has 5 heteroatoms. The Hall–Kier alpha value is -0.940. The topological polar surface area (TPSA) is 50.9 Å². The highest BCUT2D eigenvalue weighted by atomic mass is 35.5. The van der Waals surface area contributed by atoms with E-state index in [1.54, 1.807) is 11.3 Å². The second-order valence-corrected chi connectivity index (χ2v) is 7.66. The van der Waals surface area contributed by atoms with E-state index >= 15 is 0 Å². The summed E-state index contributed by atoms with van der Waals surface area (Å²) in [6.45, 7) is 8.51. The third-order valence-corrected chi connectivity index (χ3v) is 4.78. The van der Waals surface area contributed by atoms with Crippen molar-refractivity contribution in [2.45, 2.75) is 45.6 Å². The van der Waals surface area contributed by atoms with Crippen LogP contribution in [0.15, 0.2) is 23.6 Å². The van der Waals surface area contributed by atoms with Crippen LogP contribution < -0.4 is 11.3 Å². The molecule has 1 unspecified atom stereocenters. The summed E-state index contributed by atoms with van der Waals surface area (Å²) in [6, 6.07) is 6.07. The quantitative estimate of drug-likeness (QED) is 0.656. The molecule has 0 aliphatic rings. The summed E-state index contributed by atoms with van der Waals surface area (Å²) in [4.78, 5) is 4.72. The van der Waals surface area contributed by atoms with E-state index in [0.717, 1.165) is 33.3 Å². The van der Waals surface area contributed by atoms with Crippen LogP contribution in [0.4, 0.5) is 0 Å². The molecule has 114 valence electrons. The Morgan fingerprint density at radius 3 is 2.62 bits per heavy atom. The van der Waals surface area contributed by atoms with Crippen LogP contribution in [0.5, 0.6) is 0 Å². The van der Waals surface area contributed by atoms with Crippen LogP contribution >= 0.6 is 22.9 Å². The maximum Gasteiger partial charge on any atom is 0.0948 e. The van der Waals surface area contributed by atoms with Gasteiger partial charge in [0.05, 0.1) is 16.7 Å². The van der Waals surface area contributed by atoms with Crippen LogP contribution in [0.2, 0.25) is 5.02 Å². The molecule has 21 heavy (non-hydrogen) atoms. The Kier molecular flexibility index (Phi) is 5.04. The number of hydrogen-bond donors (Lipinski definition) is 2. The molecule has 0 fully saturated rings. The van der Waals surface area contributed by atoms with Crippen molar-refractivity contribution in [1.29, 1.82) is 0 Å². The molecule has 2 aromatic rings. The van der Waals surface area contributed by atoms with Crippen molar-refractivity contribution >= 4 is 22.9 Å². The van der Waals surface area contributed by atoms with Gasteiger partial charge in [0, 0.05) is 22.2 Å². The summed E-state index contributed by atoms with van der Waals surface area (Å²) in [6.07, 6.45) is 0.761. The van der Waals surface area contributed by atoms with Gasteiger partial charge in [0.25, 0.3) is 0 Å². The zero-order valence-corrected chi connectivity index (χ0v) is 14.5. The predicted octanol–water partition coefficient (Wildman–Crippen LogP) is 4.15. The van der Waals surface area contributed by atoms with Gasteiger partial charge >= 0.3 is 0 Å². The Labute approximate surface area is 135 Å². The number of halogens is 1. The van der Waals surface area contributed by atoms with Crippen molar-refractivity contribution in [3.63, 3.8) is 0 Å². The monoisotopic (exact) mass is 323 g/mol. The Balaban J connectivity index is 2.19. The number of thiazole rings is 1. The molecule has 0 aliphatic heterocycles. The summed E-state index contributed by atoms with van der Waals surface area (Å²) in [5.41, 5.74) is 6.23. The number of nitrogens with one attached hydrogen (secondary N) is 1. The van der Waals surface area contributed by atoms with Gasteiger partial charge in [-0.15, -0.1) is 11.3 Å². The Bertz CT molecular complexity index is 616. The fraction of sp³-hybridized carbons (Fsp3) is 0.438. The molecule has 0 saturated heterocycles. The highest BCUT2D eigenvalue weighted by Crippen LogP contribution is 2.28. The van der Waals surface area contributed by atoms with Crippen LogP contribution in [0.25, 0.3) is 0 Å². The average molecular weight is 324 g/mol. The smallest absolute Gasteiger partial charge is 0.0948 e. The molecule has 3 nitrogen and oxygen atoms in total. The van der Waals surface area contributed by atoms with E-state index in [1.807, 2.05) is 19.1 Å². The number of hydrogen-bond acceptors (Lipinski definition) is 4. The SMILES string of the molecule is Cc1ccc(C(Cc2nc(C(C)(C)C)cs2)NN)cc1Cl. The van der Waals surface area contributed by atoms with Gasteiger partial charge < -0.3 is 0 Å². The molecule has 2 rings (SSSR count). The largest absolute Gasteiger partial charge is 0.271 e. The van der Waals surface area contributed by atoms with Crippen LogP contribution in [0.3, 0.4) is 0 Å². The second kappa shape index (κ2) is 6.44. The minimum absolute atomic E-state index is 0.0158. The lowest BCUT2D eigenvalue weighted by atomic mass is 9.93. The summed E-state index contributed by atoms with van der Waals surface area (Å²) in [7, 11) is 0. The molecule has 0 aliphatic carbocycles. The number of rotatable bonds is 4. The molecule has 0 spiro atoms. The van der Waals surface area contributed by atoms with Gasteiger partial charge in [0.1, 0.15) is 0 Å². The third-order valence-electron chi connectivity index (χ3n) is 3.50. The molecule has 0 saturated carbocycles. The maximum absolute atomic E-state index is 6.20. The van der Waals surface area contributed by atoms with E-state index in [1.165, 1.54) is 0 Å². The third kappa shape index (κ3) is 4.04. The molecule has 1 atom stereocenters. The molecule has 3 N–H and O–H groups in total. The number of hydrazine groups is 1. The fourth-order valence-electron chi connectivity index (χ4n) is 2.02. The van der Waals surface area contributed by atoms with E-state index in [-0.39, 0.29) is 11.5 Å². The summed E-state index contributed by atoms with van der Waals surface area (Å²) in [5.74, 6) is 5.72. The van der Waals surface area contributed by atoms with Gasteiger partial charge in [-0.1, -0.05) is 44.5 Å². The first-order valence-corrected chi connectivity index (χ1v) is 8.24. The zero-order chi connectivity index (χ0) is 15.6. The zero-order valence-electron chi connectivity index (χ0n) is 12.9. The first kappa shape index (κ1) is 16.4. The van der Waals surface area contributed by atoms with Gasteiger partial charge in [0.2, 0.25) is 0 Å². The van der Waals surface area contributed by atoms with Crippen LogP contribution in [0.1, 0.15) is 48.6 Å². The van der Waals surface area contributed by atoms with Gasteiger partial charge in [-0.05, 0) is 24.1 Å². The summed E-state index contributed by atoms with van der Waals surface area (Å²) in [5, 5.41) is 3.98. The Morgan fingerprint density at radius 2 is 2.10 bits per heavy atom. The van der Waals surface area contributed by atoms with Crippen molar-refractivity contribution in [3.05, 3.63) is 50.4 Å². The average Bonchev–Trinajstić information content (AvgIpc) is 2.88. The molecule has 1 aromatic heterocycles. The lowest BCUT2D eigenvalue weighted by molar-refractivity contribution is 0.541. The van der Waals surface area contributed by atoms with E-state index in [4.69, 9.17) is 22.4 Å².